The molecule has 2 N–H and O–H groups in total. The summed E-state index contributed by atoms with van der Waals surface area (Å²) in [4.78, 5) is 26.1. The summed E-state index contributed by atoms with van der Waals surface area (Å²) < 4.78 is 0. The van der Waals surface area contributed by atoms with Gasteiger partial charge in [0.15, 0.2) is 0 Å². The maximum atomic E-state index is 12.6. The molecule has 0 bridgehead atoms. The molecule has 1 fully saturated rings. The third kappa shape index (κ3) is 5.65. The number of hydrogen-bond donors (Lipinski definition) is 2. The molecule has 1 saturated heterocycles. The number of carboxylic acids is 1. The molecular formula is C16H30N2O3. The molecule has 0 saturated carbocycles. The molecule has 0 aromatic rings. The number of carbonyl (C=O) groups excluding carboxylic acids is 1. The van der Waals surface area contributed by atoms with Crippen molar-refractivity contribution in [3.05, 3.63) is 0 Å². The highest BCUT2D eigenvalue weighted by Crippen LogP contribution is 2.18. The number of rotatable bonds is 7. The van der Waals surface area contributed by atoms with Gasteiger partial charge in [-0.3, -0.25) is 9.69 Å². The van der Waals surface area contributed by atoms with Crippen molar-refractivity contribution in [3.63, 3.8) is 0 Å². The van der Waals surface area contributed by atoms with Crippen molar-refractivity contribution < 1.29 is 14.7 Å². The van der Waals surface area contributed by atoms with E-state index in [1.54, 1.807) is 0 Å². The Hall–Kier alpha value is -1.10. The summed E-state index contributed by atoms with van der Waals surface area (Å²) in [5.74, 6) is -0.673. The number of carbonyl (C=O) groups is 2. The van der Waals surface area contributed by atoms with E-state index < -0.39 is 12.0 Å². The van der Waals surface area contributed by atoms with Gasteiger partial charge in [0.1, 0.15) is 6.04 Å². The zero-order valence-electron chi connectivity index (χ0n) is 13.8. The van der Waals surface area contributed by atoms with Gasteiger partial charge in [-0.25, -0.2) is 4.79 Å². The molecular weight excluding hydrogens is 268 g/mol. The number of piperidine rings is 1. The van der Waals surface area contributed by atoms with Crippen LogP contribution >= 0.6 is 0 Å². The van der Waals surface area contributed by atoms with Gasteiger partial charge in [-0.1, -0.05) is 34.1 Å². The van der Waals surface area contributed by atoms with E-state index in [9.17, 15) is 14.7 Å². The maximum absolute atomic E-state index is 12.6. The molecule has 0 aliphatic carbocycles. The van der Waals surface area contributed by atoms with E-state index in [0.29, 0.717) is 6.42 Å². The van der Waals surface area contributed by atoms with Crippen molar-refractivity contribution in [2.24, 2.45) is 11.8 Å². The maximum Gasteiger partial charge on any atom is 0.326 e. The van der Waals surface area contributed by atoms with Crippen LogP contribution in [0.25, 0.3) is 0 Å². The van der Waals surface area contributed by atoms with Crippen LogP contribution in [0.2, 0.25) is 0 Å². The minimum atomic E-state index is -0.946. The summed E-state index contributed by atoms with van der Waals surface area (Å²) in [6.07, 6.45) is 3.91. The molecule has 5 nitrogen and oxygen atoms in total. The second kappa shape index (κ2) is 8.37. The average Bonchev–Trinajstić information content (AvgIpc) is 2.38. The van der Waals surface area contributed by atoms with Crippen molar-refractivity contribution in [1.82, 2.24) is 10.2 Å². The van der Waals surface area contributed by atoms with Crippen molar-refractivity contribution in [1.29, 1.82) is 0 Å². The zero-order chi connectivity index (χ0) is 16.0. The van der Waals surface area contributed by atoms with Crippen molar-refractivity contribution in [2.45, 2.75) is 65.5 Å². The molecule has 0 spiro atoms. The number of hydrogen-bond acceptors (Lipinski definition) is 3. The topological polar surface area (TPSA) is 69.6 Å². The van der Waals surface area contributed by atoms with Gasteiger partial charge >= 0.3 is 5.97 Å². The SMILES string of the molecule is CC(C)C[C@@H](NC(=O)C(C(C)C)N1CCCCC1)C(=O)O. The van der Waals surface area contributed by atoms with Crippen LogP contribution in [-0.4, -0.2) is 47.1 Å². The first-order chi connectivity index (χ1) is 9.82. The van der Waals surface area contributed by atoms with Crippen LogP contribution in [-0.2, 0) is 9.59 Å². The number of likely N-dealkylation sites (tertiary alicyclic amines) is 1. The van der Waals surface area contributed by atoms with Crippen LogP contribution in [0.1, 0.15) is 53.4 Å². The fraction of sp³-hybridized carbons (Fsp3) is 0.875. The van der Waals surface area contributed by atoms with Crippen LogP contribution in [0.4, 0.5) is 0 Å². The first-order valence-electron chi connectivity index (χ1n) is 8.10. The van der Waals surface area contributed by atoms with Crippen LogP contribution in [0.15, 0.2) is 0 Å². The molecule has 0 aromatic carbocycles. The first kappa shape index (κ1) is 18.0. The molecule has 1 aliphatic heterocycles. The highest BCUT2D eigenvalue weighted by molar-refractivity contribution is 5.87. The lowest BCUT2D eigenvalue weighted by atomic mass is 9.97. The third-order valence-corrected chi connectivity index (χ3v) is 4.01. The van der Waals surface area contributed by atoms with Gasteiger partial charge in [0.2, 0.25) is 5.91 Å². The van der Waals surface area contributed by atoms with Gasteiger partial charge in [0.05, 0.1) is 6.04 Å². The van der Waals surface area contributed by atoms with Gasteiger partial charge in [0, 0.05) is 0 Å². The van der Waals surface area contributed by atoms with Gasteiger partial charge in [-0.15, -0.1) is 0 Å². The van der Waals surface area contributed by atoms with Gasteiger partial charge in [0.25, 0.3) is 0 Å². The molecule has 0 aromatic heterocycles. The van der Waals surface area contributed by atoms with Crippen molar-refractivity contribution in [3.8, 4) is 0 Å². The molecule has 21 heavy (non-hydrogen) atoms. The van der Waals surface area contributed by atoms with E-state index in [-0.39, 0.29) is 23.8 Å². The standard InChI is InChI=1S/C16H30N2O3/c1-11(2)10-13(16(20)21)17-15(19)14(12(3)4)18-8-6-5-7-9-18/h11-14H,5-10H2,1-4H3,(H,17,19)(H,20,21)/t13-,14?/m1/s1. The van der Waals surface area contributed by atoms with Crippen LogP contribution in [0.3, 0.4) is 0 Å². The molecule has 1 unspecified atom stereocenters. The van der Waals surface area contributed by atoms with Crippen molar-refractivity contribution >= 4 is 11.9 Å². The van der Waals surface area contributed by atoms with E-state index in [4.69, 9.17) is 0 Å². The summed E-state index contributed by atoms with van der Waals surface area (Å²) in [6.45, 7) is 9.84. The predicted octanol–water partition coefficient (Wildman–Crippen LogP) is 2.11. The van der Waals surface area contributed by atoms with E-state index in [1.165, 1.54) is 6.42 Å². The molecule has 1 rings (SSSR count). The summed E-state index contributed by atoms with van der Waals surface area (Å²) >= 11 is 0. The molecule has 5 heteroatoms. The third-order valence-electron chi connectivity index (χ3n) is 4.01. The summed E-state index contributed by atoms with van der Waals surface area (Å²) in [6, 6.07) is -1.01. The van der Waals surface area contributed by atoms with E-state index in [2.05, 4.69) is 10.2 Å². The Bertz CT molecular complexity index is 349. The summed E-state index contributed by atoms with van der Waals surface area (Å²) in [7, 11) is 0. The molecule has 1 heterocycles. The largest absolute Gasteiger partial charge is 0.480 e. The van der Waals surface area contributed by atoms with Crippen molar-refractivity contribution in [2.75, 3.05) is 13.1 Å². The van der Waals surface area contributed by atoms with Gasteiger partial charge in [-0.05, 0) is 44.2 Å². The minimum Gasteiger partial charge on any atom is -0.480 e. The Morgan fingerprint density at radius 2 is 1.67 bits per heavy atom. The molecule has 1 aliphatic rings. The predicted molar refractivity (Wildman–Crippen MR) is 83.1 cm³/mol. The fourth-order valence-electron chi connectivity index (χ4n) is 3.04. The van der Waals surface area contributed by atoms with Crippen LogP contribution in [0.5, 0.6) is 0 Å². The Morgan fingerprint density at radius 1 is 1.10 bits per heavy atom. The highest BCUT2D eigenvalue weighted by atomic mass is 16.4. The smallest absolute Gasteiger partial charge is 0.326 e. The summed E-state index contributed by atoms with van der Waals surface area (Å²) in [5.41, 5.74) is 0. The number of amides is 1. The average molecular weight is 298 g/mol. The normalized spacial score (nSPS) is 19.5. The second-order valence-corrected chi connectivity index (χ2v) is 6.81. The molecule has 122 valence electrons. The summed E-state index contributed by atoms with van der Waals surface area (Å²) in [5, 5.41) is 12.0. The number of aliphatic carboxylic acids is 1. The number of carboxylic acid groups (broad SMARTS) is 1. The molecule has 0 radical (unpaired) electrons. The quantitative estimate of drug-likeness (QED) is 0.755. The van der Waals surface area contributed by atoms with Crippen LogP contribution < -0.4 is 5.32 Å². The van der Waals surface area contributed by atoms with E-state index in [0.717, 1.165) is 25.9 Å². The van der Waals surface area contributed by atoms with Gasteiger partial charge in [-0.2, -0.15) is 0 Å². The lowest BCUT2D eigenvalue weighted by Crippen LogP contribution is -2.55. The van der Waals surface area contributed by atoms with Crippen LogP contribution in [0, 0.1) is 11.8 Å². The number of nitrogens with one attached hydrogen (secondary N) is 1. The monoisotopic (exact) mass is 298 g/mol. The zero-order valence-corrected chi connectivity index (χ0v) is 13.8. The lowest BCUT2D eigenvalue weighted by molar-refractivity contribution is -0.143. The Morgan fingerprint density at radius 3 is 2.10 bits per heavy atom. The Labute approximate surface area is 128 Å². The van der Waals surface area contributed by atoms with E-state index >= 15 is 0 Å². The minimum absolute atomic E-state index is 0.139. The second-order valence-electron chi connectivity index (χ2n) is 6.81. The Kier molecular flexibility index (Phi) is 7.15. The lowest BCUT2D eigenvalue weighted by Gasteiger charge is -2.36. The highest BCUT2D eigenvalue weighted by Gasteiger charge is 2.32. The fourth-order valence-corrected chi connectivity index (χ4v) is 3.04. The molecule has 1 amide bonds. The van der Waals surface area contributed by atoms with Gasteiger partial charge < -0.3 is 10.4 Å². The first-order valence-corrected chi connectivity index (χ1v) is 8.10. The van der Waals surface area contributed by atoms with E-state index in [1.807, 2.05) is 27.7 Å². The number of nitrogens with zero attached hydrogens (tertiary/aromatic N) is 1. The Balaban J connectivity index is 2.72. The molecule has 2 atom stereocenters.